The fraction of sp³-hybridized carbons (Fsp3) is 0.417. The molecule has 90 valence electrons. The molecule has 2 unspecified atom stereocenters. The number of benzene rings is 1. The molecule has 0 fully saturated rings. The van der Waals surface area contributed by atoms with Gasteiger partial charge < -0.3 is 19.5 Å². The highest BCUT2D eigenvalue weighted by Crippen LogP contribution is 2.32. The Morgan fingerprint density at radius 3 is 2.71 bits per heavy atom. The summed E-state index contributed by atoms with van der Waals surface area (Å²) in [4.78, 5) is 4.17. The second kappa shape index (κ2) is 4.16. The van der Waals surface area contributed by atoms with E-state index >= 15 is 0 Å². The second-order valence-electron chi connectivity index (χ2n) is 3.99. The topological polar surface area (TPSA) is 52.1 Å². The van der Waals surface area contributed by atoms with Gasteiger partial charge in [-0.25, -0.2) is 4.99 Å². The van der Waals surface area contributed by atoms with Crippen LogP contribution in [0.3, 0.4) is 0 Å². The van der Waals surface area contributed by atoms with Crippen LogP contribution >= 0.6 is 0 Å². The van der Waals surface area contributed by atoms with Crippen molar-refractivity contribution in [3.63, 3.8) is 0 Å². The first-order valence-corrected chi connectivity index (χ1v) is 5.69. The summed E-state index contributed by atoms with van der Waals surface area (Å²) in [5, 5.41) is 3.09. The summed E-state index contributed by atoms with van der Waals surface area (Å²) in [6.07, 6.45) is -0.376. The van der Waals surface area contributed by atoms with Crippen molar-refractivity contribution in [1.29, 1.82) is 0 Å². The SMILES string of the molecule is CC1Oc2ccccc2OC1NC1=NCCO1. The van der Waals surface area contributed by atoms with Gasteiger partial charge in [0.05, 0.1) is 6.54 Å². The van der Waals surface area contributed by atoms with Crippen molar-refractivity contribution >= 4 is 6.02 Å². The van der Waals surface area contributed by atoms with Gasteiger partial charge in [-0.2, -0.15) is 0 Å². The Balaban J connectivity index is 1.75. The molecule has 0 aromatic heterocycles. The molecule has 0 amide bonds. The molecule has 2 aliphatic heterocycles. The van der Waals surface area contributed by atoms with Crippen LogP contribution in [0.5, 0.6) is 11.5 Å². The van der Waals surface area contributed by atoms with Gasteiger partial charge in [0.15, 0.2) is 17.6 Å². The van der Waals surface area contributed by atoms with Crippen molar-refractivity contribution in [1.82, 2.24) is 5.32 Å². The van der Waals surface area contributed by atoms with Crippen molar-refractivity contribution in [3.05, 3.63) is 24.3 Å². The molecule has 5 heteroatoms. The molecule has 2 aliphatic rings. The number of hydrogen-bond acceptors (Lipinski definition) is 5. The van der Waals surface area contributed by atoms with Crippen molar-refractivity contribution in [2.75, 3.05) is 13.2 Å². The maximum atomic E-state index is 5.81. The maximum Gasteiger partial charge on any atom is 0.287 e. The number of hydrogen-bond donors (Lipinski definition) is 1. The molecule has 1 aromatic rings. The molecule has 5 nitrogen and oxygen atoms in total. The lowest BCUT2D eigenvalue weighted by atomic mass is 10.2. The summed E-state index contributed by atoms with van der Waals surface area (Å²) in [6.45, 7) is 3.27. The van der Waals surface area contributed by atoms with Gasteiger partial charge in [-0.15, -0.1) is 0 Å². The average Bonchev–Trinajstić information content (AvgIpc) is 2.83. The van der Waals surface area contributed by atoms with Gasteiger partial charge in [0.1, 0.15) is 6.61 Å². The Labute approximate surface area is 99.4 Å². The number of ether oxygens (including phenoxy) is 3. The summed E-state index contributed by atoms with van der Waals surface area (Å²) in [5.41, 5.74) is 0. The summed E-state index contributed by atoms with van der Waals surface area (Å²) in [5.74, 6) is 1.51. The Hall–Kier alpha value is -1.91. The zero-order chi connectivity index (χ0) is 11.7. The minimum absolute atomic E-state index is 0.100. The molecule has 0 saturated heterocycles. The molecule has 2 heterocycles. The molecule has 3 rings (SSSR count). The summed E-state index contributed by atoms with van der Waals surface area (Å²) in [7, 11) is 0. The third-order valence-electron chi connectivity index (χ3n) is 2.69. The molecule has 1 aromatic carbocycles. The third-order valence-corrected chi connectivity index (χ3v) is 2.69. The molecule has 2 atom stereocenters. The molecule has 0 bridgehead atoms. The Morgan fingerprint density at radius 2 is 2.00 bits per heavy atom. The van der Waals surface area contributed by atoms with E-state index < -0.39 is 0 Å². The fourth-order valence-corrected chi connectivity index (χ4v) is 1.83. The normalized spacial score (nSPS) is 26.1. The van der Waals surface area contributed by atoms with Crippen LogP contribution in [0.15, 0.2) is 29.3 Å². The predicted molar refractivity (Wildman–Crippen MR) is 62.3 cm³/mol. The van der Waals surface area contributed by atoms with Gasteiger partial charge in [0.25, 0.3) is 6.02 Å². The van der Waals surface area contributed by atoms with Crippen molar-refractivity contribution < 1.29 is 14.2 Å². The molecule has 17 heavy (non-hydrogen) atoms. The van der Waals surface area contributed by atoms with Crippen LogP contribution in [-0.4, -0.2) is 31.5 Å². The number of nitrogens with one attached hydrogen (secondary N) is 1. The molecular weight excluding hydrogens is 220 g/mol. The number of rotatable bonds is 1. The number of nitrogens with zero attached hydrogens (tertiary/aromatic N) is 1. The lowest BCUT2D eigenvalue weighted by molar-refractivity contribution is 0.0193. The van der Waals surface area contributed by atoms with Crippen molar-refractivity contribution in [2.24, 2.45) is 4.99 Å². The van der Waals surface area contributed by atoms with Crippen LogP contribution in [0.2, 0.25) is 0 Å². The highest BCUT2D eigenvalue weighted by molar-refractivity contribution is 5.75. The van der Waals surface area contributed by atoms with E-state index in [-0.39, 0.29) is 12.3 Å². The maximum absolute atomic E-state index is 5.81. The van der Waals surface area contributed by atoms with E-state index in [9.17, 15) is 0 Å². The zero-order valence-corrected chi connectivity index (χ0v) is 9.55. The van der Waals surface area contributed by atoms with Crippen LogP contribution in [0.1, 0.15) is 6.92 Å². The van der Waals surface area contributed by atoms with Gasteiger partial charge in [-0.1, -0.05) is 12.1 Å². The summed E-state index contributed by atoms with van der Waals surface area (Å²) >= 11 is 0. The lowest BCUT2D eigenvalue weighted by Crippen LogP contribution is -2.50. The summed E-state index contributed by atoms with van der Waals surface area (Å²) < 4.78 is 16.9. The Morgan fingerprint density at radius 1 is 1.24 bits per heavy atom. The van der Waals surface area contributed by atoms with Crippen LogP contribution in [-0.2, 0) is 4.74 Å². The first kappa shape index (κ1) is 10.3. The number of aliphatic imine (C=N–C) groups is 1. The van der Waals surface area contributed by atoms with Crippen LogP contribution in [0.25, 0.3) is 0 Å². The van der Waals surface area contributed by atoms with E-state index in [0.29, 0.717) is 19.2 Å². The van der Waals surface area contributed by atoms with E-state index in [0.717, 1.165) is 11.5 Å². The molecule has 0 spiro atoms. The molecule has 0 aliphatic carbocycles. The molecule has 1 N–H and O–H groups in total. The van der Waals surface area contributed by atoms with Gasteiger partial charge in [-0.05, 0) is 19.1 Å². The number of para-hydroxylation sites is 2. The van der Waals surface area contributed by atoms with E-state index in [1.807, 2.05) is 31.2 Å². The molecule has 0 radical (unpaired) electrons. The van der Waals surface area contributed by atoms with Gasteiger partial charge in [0, 0.05) is 0 Å². The number of fused-ring (bicyclic) bond motifs is 1. The van der Waals surface area contributed by atoms with Crippen molar-refractivity contribution in [3.8, 4) is 11.5 Å². The van der Waals surface area contributed by atoms with E-state index in [1.165, 1.54) is 0 Å². The van der Waals surface area contributed by atoms with Crippen molar-refractivity contribution in [2.45, 2.75) is 19.3 Å². The van der Waals surface area contributed by atoms with Gasteiger partial charge in [0.2, 0.25) is 6.23 Å². The third kappa shape index (κ3) is 2.00. The smallest absolute Gasteiger partial charge is 0.287 e. The Bertz CT molecular complexity index is 447. The second-order valence-corrected chi connectivity index (χ2v) is 3.99. The zero-order valence-electron chi connectivity index (χ0n) is 9.55. The van der Waals surface area contributed by atoms with Gasteiger partial charge in [-0.3, -0.25) is 0 Å². The largest absolute Gasteiger partial charge is 0.481 e. The van der Waals surface area contributed by atoms with Crippen LogP contribution < -0.4 is 14.8 Å². The minimum atomic E-state index is -0.276. The highest BCUT2D eigenvalue weighted by atomic mass is 16.6. The first-order chi connectivity index (χ1) is 8.33. The van der Waals surface area contributed by atoms with E-state index in [2.05, 4.69) is 10.3 Å². The number of amidine groups is 1. The highest BCUT2D eigenvalue weighted by Gasteiger charge is 2.29. The van der Waals surface area contributed by atoms with E-state index in [1.54, 1.807) is 0 Å². The minimum Gasteiger partial charge on any atom is -0.481 e. The molecule has 0 saturated carbocycles. The van der Waals surface area contributed by atoms with Crippen LogP contribution in [0, 0.1) is 0 Å². The standard InChI is InChI=1S/C12H14N2O3/c1-8-11(14-12-13-6-7-15-12)17-10-5-3-2-4-9(10)16-8/h2-5,8,11H,6-7H2,1H3,(H,13,14). The monoisotopic (exact) mass is 234 g/mol. The van der Waals surface area contributed by atoms with E-state index in [4.69, 9.17) is 14.2 Å². The fourth-order valence-electron chi connectivity index (χ4n) is 1.83. The van der Waals surface area contributed by atoms with Crippen LogP contribution in [0.4, 0.5) is 0 Å². The Kier molecular flexibility index (Phi) is 2.51. The quantitative estimate of drug-likeness (QED) is 0.792. The first-order valence-electron chi connectivity index (χ1n) is 5.69. The van der Waals surface area contributed by atoms with Gasteiger partial charge >= 0.3 is 0 Å². The predicted octanol–water partition coefficient (Wildman–Crippen LogP) is 1.15. The lowest BCUT2D eigenvalue weighted by Gasteiger charge is -2.32. The molecular formula is C12H14N2O3. The summed E-state index contributed by atoms with van der Waals surface area (Å²) in [6, 6.07) is 8.15. The average molecular weight is 234 g/mol.